The number of para-hydroxylation sites is 1. The Morgan fingerprint density at radius 3 is 2.55 bits per heavy atom. The summed E-state index contributed by atoms with van der Waals surface area (Å²) in [6, 6.07) is 14.9. The Morgan fingerprint density at radius 1 is 1.00 bits per heavy atom. The van der Waals surface area contributed by atoms with E-state index in [0.29, 0.717) is 0 Å². The number of pyridine rings is 1. The van der Waals surface area contributed by atoms with Crippen molar-refractivity contribution in [2.75, 3.05) is 7.05 Å². The van der Waals surface area contributed by atoms with Crippen LogP contribution in [0.2, 0.25) is 0 Å². The summed E-state index contributed by atoms with van der Waals surface area (Å²) < 4.78 is 26.4. The molecule has 4 nitrogen and oxygen atoms in total. The number of sulfonamides is 1. The Labute approximate surface area is 129 Å². The summed E-state index contributed by atoms with van der Waals surface area (Å²) >= 11 is 0. The Hall–Kier alpha value is -2.24. The predicted molar refractivity (Wildman–Crippen MR) is 88.2 cm³/mol. The van der Waals surface area contributed by atoms with E-state index >= 15 is 0 Å². The maximum Gasteiger partial charge on any atom is 0.240 e. The molecule has 0 saturated carbocycles. The second-order valence-corrected chi connectivity index (χ2v) is 6.95. The first kappa shape index (κ1) is 14.7. The first-order chi connectivity index (χ1) is 10.5. The van der Waals surface area contributed by atoms with E-state index in [-0.39, 0.29) is 4.90 Å². The predicted octanol–water partition coefficient (Wildman–Crippen LogP) is 3.12. The minimum atomic E-state index is -3.47. The van der Waals surface area contributed by atoms with Crippen LogP contribution in [0.4, 0.5) is 0 Å². The standard InChI is InChI=1S/C17H16N2O2S/c1-12-8-9-14(22(20,21)18-2)11-16(12)15-7-3-5-13-6-4-10-19-17(13)15/h3-11,18H,1-2H3. The van der Waals surface area contributed by atoms with Crippen LogP contribution in [0.5, 0.6) is 0 Å². The average molecular weight is 312 g/mol. The van der Waals surface area contributed by atoms with E-state index in [1.165, 1.54) is 7.05 Å². The lowest BCUT2D eigenvalue weighted by molar-refractivity contribution is 0.588. The van der Waals surface area contributed by atoms with Crippen molar-refractivity contribution in [2.45, 2.75) is 11.8 Å². The van der Waals surface area contributed by atoms with Gasteiger partial charge in [-0.25, -0.2) is 13.1 Å². The van der Waals surface area contributed by atoms with Crippen molar-refractivity contribution in [3.8, 4) is 11.1 Å². The molecule has 0 radical (unpaired) electrons. The molecule has 3 aromatic rings. The van der Waals surface area contributed by atoms with Crippen molar-refractivity contribution in [3.05, 3.63) is 60.3 Å². The Morgan fingerprint density at radius 2 is 1.77 bits per heavy atom. The Kier molecular flexibility index (Phi) is 3.68. The first-order valence-electron chi connectivity index (χ1n) is 6.91. The highest BCUT2D eigenvalue weighted by Gasteiger charge is 2.15. The Balaban J connectivity index is 2.29. The molecule has 0 amide bonds. The number of hydrogen-bond donors (Lipinski definition) is 1. The minimum absolute atomic E-state index is 0.253. The molecule has 2 aromatic carbocycles. The summed E-state index contributed by atoms with van der Waals surface area (Å²) in [6.07, 6.45) is 1.75. The third-order valence-corrected chi connectivity index (χ3v) is 5.12. The molecule has 0 aliphatic rings. The van der Waals surface area contributed by atoms with Crippen LogP contribution >= 0.6 is 0 Å². The zero-order chi connectivity index (χ0) is 15.7. The lowest BCUT2D eigenvalue weighted by Gasteiger charge is -2.11. The molecule has 1 aromatic heterocycles. The molecule has 0 spiro atoms. The molecule has 0 bridgehead atoms. The highest BCUT2D eigenvalue weighted by atomic mass is 32.2. The molecule has 112 valence electrons. The number of aromatic nitrogens is 1. The first-order valence-corrected chi connectivity index (χ1v) is 8.39. The van der Waals surface area contributed by atoms with Crippen LogP contribution < -0.4 is 4.72 Å². The summed E-state index contributed by atoms with van der Waals surface area (Å²) in [6.45, 7) is 1.97. The van der Waals surface area contributed by atoms with Crippen LogP contribution in [0.1, 0.15) is 5.56 Å². The van der Waals surface area contributed by atoms with Gasteiger partial charge in [0.15, 0.2) is 0 Å². The monoisotopic (exact) mass is 312 g/mol. The molecular formula is C17H16N2O2S. The van der Waals surface area contributed by atoms with E-state index in [2.05, 4.69) is 9.71 Å². The van der Waals surface area contributed by atoms with Crippen molar-refractivity contribution < 1.29 is 8.42 Å². The zero-order valence-electron chi connectivity index (χ0n) is 12.4. The average Bonchev–Trinajstić information content (AvgIpc) is 2.54. The van der Waals surface area contributed by atoms with Gasteiger partial charge in [0, 0.05) is 17.1 Å². The van der Waals surface area contributed by atoms with E-state index < -0.39 is 10.0 Å². The van der Waals surface area contributed by atoms with Crippen molar-refractivity contribution >= 4 is 20.9 Å². The van der Waals surface area contributed by atoms with E-state index in [1.807, 2.05) is 43.3 Å². The van der Waals surface area contributed by atoms with Crippen molar-refractivity contribution in [1.82, 2.24) is 9.71 Å². The fourth-order valence-corrected chi connectivity index (χ4v) is 3.25. The molecule has 0 aliphatic carbocycles. The summed E-state index contributed by atoms with van der Waals surface area (Å²) in [5.74, 6) is 0. The molecule has 0 aliphatic heterocycles. The van der Waals surface area contributed by atoms with Crippen LogP contribution in [0.3, 0.4) is 0 Å². The van der Waals surface area contributed by atoms with Gasteiger partial charge in [0.1, 0.15) is 0 Å². The Bertz CT molecular complexity index is 945. The van der Waals surface area contributed by atoms with Crippen molar-refractivity contribution in [2.24, 2.45) is 0 Å². The van der Waals surface area contributed by atoms with Crippen molar-refractivity contribution in [1.29, 1.82) is 0 Å². The smallest absolute Gasteiger partial charge is 0.240 e. The molecule has 0 atom stereocenters. The topological polar surface area (TPSA) is 59.1 Å². The molecule has 1 heterocycles. The maximum absolute atomic E-state index is 12.0. The van der Waals surface area contributed by atoms with Gasteiger partial charge in [-0.1, -0.05) is 30.3 Å². The summed E-state index contributed by atoms with van der Waals surface area (Å²) in [4.78, 5) is 4.70. The quantitative estimate of drug-likeness (QED) is 0.808. The van der Waals surface area contributed by atoms with Gasteiger partial charge in [-0.2, -0.15) is 0 Å². The third-order valence-electron chi connectivity index (χ3n) is 3.71. The normalized spacial score (nSPS) is 11.7. The highest BCUT2D eigenvalue weighted by Crippen LogP contribution is 2.31. The van der Waals surface area contributed by atoms with Gasteiger partial charge in [0.25, 0.3) is 0 Å². The van der Waals surface area contributed by atoms with Gasteiger partial charge < -0.3 is 0 Å². The van der Waals surface area contributed by atoms with E-state index in [9.17, 15) is 8.42 Å². The molecule has 0 unspecified atom stereocenters. The second kappa shape index (κ2) is 5.51. The summed E-state index contributed by atoms with van der Waals surface area (Å²) in [7, 11) is -2.06. The zero-order valence-corrected chi connectivity index (χ0v) is 13.2. The number of aryl methyl sites for hydroxylation is 1. The summed E-state index contributed by atoms with van der Waals surface area (Å²) in [5, 5.41) is 1.03. The maximum atomic E-state index is 12.0. The second-order valence-electron chi connectivity index (χ2n) is 5.06. The van der Waals surface area contributed by atoms with Gasteiger partial charge in [-0.3, -0.25) is 4.98 Å². The molecule has 22 heavy (non-hydrogen) atoms. The number of nitrogens with zero attached hydrogens (tertiary/aromatic N) is 1. The van der Waals surface area contributed by atoms with Gasteiger partial charge in [0.05, 0.1) is 10.4 Å². The van der Waals surface area contributed by atoms with Gasteiger partial charge >= 0.3 is 0 Å². The number of rotatable bonds is 3. The summed E-state index contributed by atoms with van der Waals surface area (Å²) in [5.41, 5.74) is 3.68. The van der Waals surface area contributed by atoms with Crippen molar-refractivity contribution in [3.63, 3.8) is 0 Å². The molecule has 1 N–H and O–H groups in total. The number of fused-ring (bicyclic) bond motifs is 1. The molecule has 0 fully saturated rings. The number of benzene rings is 2. The van der Waals surface area contributed by atoms with E-state index in [4.69, 9.17) is 0 Å². The molecular weight excluding hydrogens is 296 g/mol. The van der Waals surface area contributed by atoms with Crippen LogP contribution in [-0.2, 0) is 10.0 Å². The van der Waals surface area contributed by atoms with Crippen LogP contribution in [0.25, 0.3) is 22.0 Å². The van der Waals surface area contributed by atoms with Crippen LogP contribution in [-0.4, -0.2) is 20.4 Å². The SMILES string of the molecule is CNS(=O)(=O)c1ccc(C)c(-c2cccc3cccnc23)c1. The number of hydrogen-bond acceptors (Lipinski definition) is 3. The van der Waals surface area contributed by atoms with Gasteiger partial charge in [-0.05, 0) is 43.3 Å². The minimum Gasteiger partial charge on any atom is -0.256 e. The lowest BCUT2D eigenvalue weighted by Crippen LogP contribution is -2.18. The van der Waals surface area contributed by atoms with Crippen LogP contribution in [0.15, 0.2) is 59.6 Å². The van der Waals surface area contributed by atoms with Gasteiger partial charge in [-0.15, -0.1) is 0 Å². The molecule has 5 heteroatoms. The molecule has 3 rings (SSSR count). The van der Waals surface area contributed by atoms with Crippen LogP contribution in [0, 0.1) is 6.92 Å². The van der Waals surface area contributed by atoms with E-state index in [1.54, 1.807) is 18.3 Å². The number of nitrogens with one attached hydrogen (secondary N) is 1. The third kappa shape index (κ3) is 2.49. The largest absolute Gasteiger partial charge is 0.256 e. The fourth-order valence-electron chi connectivity index (χ4n) is 2.50. The lowest BCUT2D eigenvalue weighted by atomic mass is 9.98. The van der Waals surface area contributed by atoms with Gasteiger partial charge in [0.2, 0.25) is 10.0 Å². The van der Waals surface area contributed by atoms with E-state index in [0.717, 1.165) is 27.6 Å². The fraction of sp³-hybridized carbons (Fsp3) is 0.118. The highest BCUT2D eigenvalue weighted by molar-refractivity contribution is 7.89. The molecule has 0 saturated heterocycles.